The fourth-order valence-electron chi connectivity index (χ4n) is 11.9. The molecule has 5 nitrogen and oxygen atoms in total. The molecule has 5 N–H and O–H groups in total. The van der Waals surface area contributed by atoms with E-state index >= 15 is 0 Å². The summed E-state index contributed by atoms with van der Waals surface area (Å²) in [6, 6.07) is 0. The maximum Gasteiger partial charge on any atom is 0.226 e. The minimum absolute atomic E-state index is 0.0700. The number of hydrogen-bond acceptors (Lipinski definition) is 4. The maximum absolute atomic E-state index is 13.8. The van der Waals surface area contributed by atoms with Crippen LogP contribution in [-0.2, 0) is 4.79 Å². The Kier molecular flexibility index (Phi) is 6.77. The molecular weight excluding hydrogens is 460 g/mol. The molecule has 5 aliphatic carbocycles. The second kappa shape index (κ2) is 9.06. The van der Waals surface area contributed by atoms with Gasteiger partial charge in [-0.2, -0.15) is 0 Å². The molecule has 210 valence electrons. The molecule has 0 radical (unpaired) electrons. The van der Waals surface area contributed by atoms with Gasteiger partial charge in [-0.1, -0.05) is 39.8 Å². The molecule has 0 aromatic rings. The maximum atomic E-state index is 13.8. The van der Waals surface area contributed by atoms with Crippen LogP contribution in [0.15, 0.2) is 12.2 Å². The summed E-state index contributed by atoms with van der Waals surface area (Å²) in [5.74, 6) is 2.49. The fraction of sp³-hybridized carbons (Fsp3) is 0.906. The lowest BCUT2D eigenvalue weighted by atomic mass is 9.32. The molecule has 0 saturated heterocycles. The van der Waals surface area contributed by atoms with E-state index in [4.69, 9.17) is 5.73 Å². The van der Waals surface area contributed by atoms with Crippen LogP contribution in [0.25, 0.3) is 0 Å². The van der Waals surface area contributed by atoms with Crippen LogP contribution in [0.2, 0.25) is 0 Å². The zero-order chi connectivity index (χ0) is 27.0. The van der Waals surface area contributed by atoms with Crippen molar-refractivity contribution in [1.29, 1.82) is 0 Å². The van der Waals surface area contributed by atoms with E-state index in [1.807, 2.05) is 0 Å². The first kappa shape index (κ1) is 27.6. The number of nitrogens with one attached hydrogen (secondary N) is 1. The van der Waals surface area contributed by atoms with E-state index in [0.29, 0.717) is 42.7 Å². The van der Waals surface area contributed by atoms with E-state index < -0.39 is 11.5 Å². The Labute approximate surface area is 225 Å². The summed E-state index contributed by atoms with van der Waals surface area (Å²) in [6.45, 7) is 17.6. The molecule has 1 amide bonds. The van der Waals surface area contributed by atoms with E-state index in [1.165, 1.54) is 18.4 Å². The summed E-state index contributed by atoms with van der Waals surface area (Å²) < 4.78 is 0. The molecule has 11 atom stereocenters. The van der Waals surface area contributed by atoms with Crippen molar-refractivity contribution in [3.8, 4) is 0 Å². The number of carbonyl (C=O) groups excluding carboxylic acids is 1. The van der Waals surface area contributed by atoms with Crippen molar-refractivity contribution >= 4 is 5.91 Å². The van der Waals surface area contributed by atoms with E-state index in [1.54, 1.807) is 0 Å². The Morgan fingerprint density at radius 2 is 1.68 bits per heavy atom. The van der Waals surface area contributed by atoms with Crippen LogP contribution in [0.1, 0.15) is 98.8 Å². The molecule has 5 rings (SSSR count). The molecule has 5 saturated carbocycles. The zero-order valence-electron chi connectivity index (χ0n) is 24.2. The van der Waals surface area contributed by atoms with E-state index in [-0.39, 0.29) is 34.2 Å². The highest BCUT2D eigenvalue weighted by molar-refractivity contribution is 5.84. The molecule has 5 fully saturated rings. The highest BCUT2D eigenvalue weighted by atomic mass is 16.3. The number of amides is 1. The molecule has 0 heterocycles. The zero-order valence-corrected chi connectivity index (χ0v) is 24.2. The van der Waals surface area contributed by atoms with Crippen molar-refractivity contribution in [3.63, 3.8) is 0 Å². The van der Waals surface area contributed by atoms with Gasteiger partial charge in [-0.25, -0.2) is 0 Å². The van der Waals surface area contributed by atoms with E-state index in [2.05, 4.69) is 46.5 Å². The number of carbonyl (C=O) groups is 1. The third kappa shape index (κ3) is 3.48. The third-order valence-electron chi connectivity index (χ3n) is 14.1. The quantitative estimate of drug-likeness (QED) is 0.386. The summed E-state index contributed by atoms with van der Waals surface area (Å²) in [6.07, 6.45) is 10.2. The molecule has 5 heteroatoms. The highest BCUT2D eigenvalue weighted by Crippen LogP contribution is 2.77. The van der Waals surface area contributed by atoms with Gasteiger partial charge in [0, 0.05) is 18.5 Å². The molecule has 37 heavy (non-hydrogen) atoms. The number of allylic oxidation sites excluding steroid dienone is 1. The van der Waals surface area contributed by atoms with E-state index in [0.717, 1.165) is 51.4 Å². The first-order valence-corrected chi connectivity index (χ1v) is 15.3. The lowest BCUT2D eigenvalue weighted by Gasteiger charge is -2.73. The van der Waals surface area contributed by atoms with Gasteiger partial charge in [0.15, 0.2) is 0 Å². The topological polar surface area (TPSA) is 95.6 Å². The smallest absolute Gasteiger partial charge is 0.226 e. The van der Waals surface area contributed by atoms with Crippen LogP contribution in [0.4, 0.5) is 0 Å². The third-order valence-corrected chi connectivity index (χ3v) is 14.1. The van der Waals surface area contributed by atoms with Crippen LogP contribution in [0, 0.1) is 56.7 Å². The van der Waals surface area contributed by atoms with Gasteiger partial charge in [0.1, 0.15) is 0 Å². The standard InChI is InChI=1S/C32H54N2O3/c1-20(2)21-9-14-32(27(37)34-18-17-33)16-15-30(5)22(26(21)32)7-8-24-28(3)12-11-25(36)29(4,19-35)23(28)10-13-31(24,30)6/h21-26,35-36H,1,7-19,33H2,2-6H3,(H,34,37)/t21-,22?,23?,24?,25-,26?,28-,29-,30+,31+,32-/m0/s1. The largest absolute Gasteiger partial charge is 0.396 e. The first-order chi connectivity index (χ1) is 17.4. The molecule has 0 bridgehead atoms. The van der Waals surface area contributed by atoms with Crippen LogP contribution >= 0.6 is 0 Å². The summed E-state index contributed by atoms with van der Waals surface area (Å²) in [5.41, 5.74) is 6.85. The van der Waals surface area contributed by atoms with Crippen LogP contribution in [0.3, 0.4) is 0 Å². The number of hydrogen-bond donors (Lipinski definition) is 4. The Morgan fingerprint density at radius 1 is 0.946 bits per heavy atom. The van der Waals surface area contributed by atoms with Gasteiger partial charge in [0.25, 0.3) is 0 Å². The summed E-state index contributed by atoms with van der Waals surface area (Å²) in [7, 11) is 0. The lowest BCUT2D eigenvalue weighted by Crippen LogP contribution is -2.68. The summed E-state index contributed by atoms with van der Waals surface area (Å²) in [5, 5.41) is 24.7. The predicted molar refractivity (Wildman–Crippen MR) is 148 cm³/mol. The lowest BCUT2D eigenvalue weighted by molar-refractivity contribution is -0.252. The molecule has 0 aromatic carbocycles. The minimum atomic E-state index is -0.413. The fourth-order valence-corrected chi connectivity index (χ4v) is 11.9. The van der Waals surface area contributed by atoms with Gasteiger partial charge in [0.2, 0.25) is 5.91 Å². The van der Waals surface area contributed by atoms with Crippen LogP contribution in [0.5, 0.6) is 0 Å². The molecule has 0 aliphatic heterocycles. The van der Waals surface area contributed by atoms with Crippen molar-refractivity contribution in [3.05, 3.63) is 12.2 Å². The number of aliphatic hydroxyl groups is 2. The van der Waals surface area contributed by atoms with Gasteiger partial charge < -0.3 is 21.3 Å². The minimum Gasteiger partial charge on any atom is -0.396 e. The molecule has 5 aliphatic rings. The molecule has 0 aromatic heterocycles. The van der Waals surface area contributed by atoms with Gasteiger partial charge in [0.05, 0.1) is 18.1 Å². The van der Waals surface area contributed by atoms with Gasteiger partial charge in [-0.05, 0) is 117 Å². The number of fused-ring (bicyclic) bond motifs is 7. The second-order valence-corrected chi connectivity index (χ2v) is 15.1. The Hall–Kier alpha value is -0.910. The number of rotatable bonds is 5. The number of nitrogens with two attached hydrogens (primary N) is 1. The van der Waals surface area contributed by atoms with Gasteiger partial charge in [-0.3, -0.25) is 4.79 Å². The van der Waals surface area contributed by atoms with E-state index in [9.17, 15) is 15.0 Å². The Bertz CT molecular complexity index is 937. The monoisotopic (exact) mass is 514 g/mol. The molecular formula is C32H54N2O3. The van der Waals surface area contributed by atoms with Crippen LogP contribution in [-0.4, -0.2) is 41.9 Å². The van der Waals surface area contributed by atoms with Crippen molar-refractivity contribution in [2.45, 2.75) is 105 Å². The Balaban J connectivity index is 1.54. The highest BCUT2D eigenvalue weighted by Gasteiger charge is 2.72. The van der Waals surface area contributed by atoms with Crippen molar-refractivity contribution < 1.29 is 15.0 Å². The van der Waals surface area contributed by atoms with Gasteiger partial charge in [-0.15, -0.1) is 0 Å². The Morgan fingerprint density at radius 3 is 2.32 bits per heavy atom. The molecule has 0 spiro atoms. The average molecular weight is 515 g/mol. The predicted octanol–water partition coefficient (Wildman–Crippen LogP) is 5.05. The normalized spacial score (nSPS) is 52.9. The van der Waals surface area contributed by atoms with Crippen LogP contribution < -0.4 is 11.1 Å². The summed E-state index contributed by atoms with van der Waals surface area (Å²) in [4.78, 5) is 13.8. The van der Waals surface area contributed by atoms with Crippen molar-refractivity contribution in [2.75, 3.05) is 19.7 Å². The number of aliphatic hydroxyl groups excluding tert-OH is 2. The van der Waals surface area contributed by atoms with Gasteiger partial charge >= 0.3 is 0 Å². The molecule has 4 unspecified atom stereocenters. The van der Waals surface area contributed by atoms with Crippen molar-refractivity contribution in [2.24, 2.45) is 62.4 Å². The SMILES string of the molecule is C=C(C)[C@@H]1CC[C@]2(C(=O)NCCN)CC[C@]3(C)C(CCC4[C@@]5(C)CC[C@H](O)[C@@](C)(CO)C5CC[C@]43C)C12. The second-order valence-electron chi connectivity index (χ2n) is 15.1. The van der Waals surface area contributed by atoms with Crippen molar-refractivity contribution in [1.82, 2.24) is 5.32 Å². The first-order valence-electron chi connectivity index (χ1n) is 15.3. The summed E-state index contributed by atoms with van der Waals surface area (Å²) >= 11 is 0. The average Bonchev–Trinajstić information content (AvgIpc) is 3.27.